The Morgan fingerprint density at radius 1 is 1.20 bits per heavy atom. The van der Waals surface area contributed by atoms with Gasteiger partial charge in [-0.1, -0.05) is 52.5 Å². The molecule has 2 aromatic rings. The molecule has 2 atom stereocenters. The summed E-state index contributed by atoms with van der Waals surface area (Å²) < 4.78 is 6.47. The molecule has 1 aliphatic rings. The summed E-state index contributed by atoms with van der Waals surface area (Å²) in [6.07, 6.45) is 5.72. The lowest BCUT2D eigenvalue weighted by Gasteiger charge is -2.16. The van der Waals surface area contributed by atoms with Crippen molar-refractivity contribution < 1.29 is 4.52 Å². The van der Waals surface area contributed by atoms with Gasteiger partial charge in [0.2, 0.25) is 11.7 Å². The molecule has 0 amide bonds. The maximum Gasteiger partial charge on any atom is 0.231 e. The average molecular weight is 336 g/mol. The van der Waals surface area contributed by atoms with Crippen molar-refractivity contribution in [3.05, 3.63) is 34.6 Å². The molecule has 106 valence electrons. The minimum Gasteiger partial charge on any atom is -0.339 e. The van der Waals surface area contributed by atoms with Gasteiger partial charge >= 0.3 is 0 Å². The third kappa shape index (κ3) is 2.94. The van der Waals surface area contributed by atoms with Crippen LogP contribution in [0.5, 0.6) is 0 Å². The fourth-order valence-electron chi connectivity index (χ4n) is 2.77. The SMILES string of the molecule is NC1CCCCCC1c1nc(-c2cccc(Br)c2)no1. The van der Waals surface area contributed by atoms with E-state index < -0.39 is 0 Å². The van der Waals surface area contributed by atoms with Crippen molar-refractivity contribution in [1.29, 1.82) is 0 Å². The normalized spacial score (nSPS) is 23.5. The molecule has 1 saturated carbocycles. The van der Waals surface area contributed by atoms with Crippen LogP contribution in [0, 0.1) is 0 Å². The van der Waals surface area contributed by atoms with Crippen molar-refractivity contribution in [3.63, 3.8) is 0 Å². The lowest BCUT2D eigenvalue weighted by atomic mass is 9.95. The highest BCUT2D eigenvalue weighted by Crippen LogP contribution is 2.31. The minimum atomic E-state index is 0.133. The van der Waals surface area contributed by atoms with Crippen LogP contribution in [0.25, 0.3) is 11.4 Å². The number of rotatable bonds is 2. The number of hydrogen-bond donors (Lipinski definition) is 1. The summed E-state index contributed by atoms with van der Waals surface area (Å²) in [4.78, 5) is 4.56. The van der Waals surface area contributed by atoms with Gasteiger partial charge in [-0.2, -0.15) is 4.98 Å². The predicted octanol–water partition coefficient (Wildman–Crippen LogP) is 3.87. The monoisotopic (exact) mass is 335 g/mol. The van der Waals surface area contributed by atoms with Crippen molar-refractivity contribution >= 4 is 15.9 Å². The minimum absolute atomic E-state index is 0.133. The average Bonchev–Trinajstić information content (AvgIpc) is 2.82. The van der Waals surface area contributed by atoms with Gasteiger partial charge in [0, 0.05) is 16.1 Å². The second-order valence-electron chi connectivity index (χ2n) is 5.37. The summed E-state index contributed by atoms with van der Waals surface area (Å²) in [5, 5.41) is 4.11. The summed E-state index contributed by atoms with van der Waals surface area (Å²) in [6.45, 7) is 0. The van der Waals surface area contributed by atoms with Crippen LogP contribution in [0.3, 0.4) is 0 Å². The first-order valence-corrected chi connectivity index (χ1v) is 7.88. The standard InChI is InChI=1S/C15H18BrN3O/c16-11-6-4-5-10(9-11)14-18-15(20-19-14)12-7-2-1-3-8-13(12)17/h4-6,9,12-13H,1-3,7-8,17H2. The maximum atomic E-state index is 6.25. The van der Waals surface area contributed by atoms with Crippen molar-refractivity contribution in [2.45, 2.75) is 44.1 Å². The van der Waals surface area contributed by atoms with E-state index in [1.807, 2.05) is 24.3 Å². The van der Waals surface area contributed by atoms with E-state index in [1.165, 1.54) is 19.3 Å². The first kappa shape index (κ1) is 13.8. The number of hydrogen-bond acceptors (Lipinski definition) is 4. The van der Waals surface area contributed by atoms with Gasteiger partial charge in [-0.25, -0.2) is 0 Å². The zero-order valence-electron chi connectivity index (χ0n) is 11.3. The molecule has 4 nitrogen and oxygen atoms in total. The maximum absolute atomic E-state index is 6.25. The summed E-state index contributed by atoms with van der Waals surface area (Å²) >= 11 is 3.46. The topological polar surface area (TPSA) is 64.9 Å². The number of nitrogens with zero attached hydrogens (tertiary/aromatic N) is 2. The molecule has 2 N–H and O–H groups in total. The Morgan fingerprint density at radius 3 is 2.90 bits per heavy atom. The van der Waals surface area contributed by atoms with Crippen LogP contribution in [0.2, 0.25) is 0 Å². The van der Waals surface area contributed by atoms with E-state index >= 15 is 0 Å². The summed E-state index contributed by atoms with van der Waals surface area (Å²) in [5.41, 5.74) is 7.20. The zero-order valence-corrected chi connectivity index (χ0v) is 12.8. The fraction of sp³-hybridized carbons (Fsp3) is 0.467. The molecule has 1 aromatic heterocycles. The lowest BCUT2D eigenvalue weighted by Crippen LogP contribution is -2.27. The molecule has 20 heavy (non-hydrogen) atoms. The second-order valence-corrected chi connectivity index (χ2v) is 6.29. The third-order valence-corrected chi connectivity index (χ3v) is 4.40. The molecular formula is C15H18BrN3O. The van der Waals surface area contributed by atoms with E-state index in [-0.39, 0.29) is 12.0 Å². The molecule has 0 saturated heterocycles. The van der Waals surface area contributed by atoms with Crippen LogP contribution in [0.1, 0.15) is 43.9 Å². The van der Waals surface area contributed by atoms with Crippen LogP contribution in [-0.2, 0) is 0 Å². The van der Waals surface area contributed by atoms with Gasteiger partial charge in [0.05, 0.1) is 5.92 Å². The van der Waals surface area contributed by atoms with Gasteiger partial charge in [-0.05, 0) is 25.0 Å². The van der Waals surface area contributed by atoms with Gasteiger partial charge in [0.25, 0.3) is 0 Å². The molecule has 0 spiro atoms. The Bertz CT molecular complexity index is 584. The van der Waals surface area contributed by atoms with Crippen LogP contribution in [-0.4, -0.2) is 16.2 Å². The van der Waals surface area contributed by atoms with Crippen molar-refractivity contribution in [2.24, 2.45) is 5.73 Å². The molecule has 5 heteroatoms. The Hall–Kier alpha value is -1.20. The quantitative estimate of drug-likeness (QED) is 0.846. The Morgan fingerprint density at radius 2 is 2.05 bits per heavy atom. The van der Waals surface area contributed by atoms with E-state index in [0.717, 1.165) is 22.9 Å². The summed E-state index contributed by atoms with van der Waals surface area (Å²) in [6, 6.07) is 8.04. The van der Waals surface area contributed by atoms with E-state index in [1.54, 1.807) is 0 Å². The largest absolute Gasteiger partial charge is 0.339 e. The highest BCUT2D eigenvalue weighted by Gasteiger charge is 2.27. The van der Waals surface area contributed by atoms with Gasteiger partial charge in [-0.3, -0.25) is 0 Å². The second kappa shape index (κ2) is 6.06. The van der Waals surface area contributed by atoms with Crippen molar-refractivity contribution in [2.75, 3.05) is 0 Å². The molecule has 3 rings (SSSR count). The number of aromatic nitrogens is 2. The molecule has 2 unspecified atom stereocenters. The van der Waals surface area contributed by atoms with E-state index in [2.05, 4.69) is 26.1 Å². The van der Waals surface area contributed by atoms with Crippen LogP contribution < -0.4 is 5.73 Å². The van der Waals surface area contributed by atoms with Crippen LogP contribution in [0.4, 0.5) is 0 Å². The summed E-state index contributed by atoms with van der Waals surface area (Å²) in [5.74, 6) is 1.53. The van der Waals surface area contributed by atoms with Crippen molar-refractivity contribution in [3.8, 4) is 11.4 Å². The molecule has 1 aromatic carbocycles. The molecule has 0 bridgehead atoms. The highest BCUT2D eigenvalue weighted by atomic mass is 79.9. The van der Waals surface area contributed by atoms with Gasteiger partial charge in [0.1, 0.15) is 0 Å². The Balaban J connectivity index is 1.86. The molecular weight excluding hydrogens is 318 g/mol. The smallest absolute Gasteiger partial charge is 0.231 e. The summed E-state index contributed by atoms with van der Waals surface area (Å²) in [7, 11) is 0. The number of nitrogens with two attached hydrogens (primary N) is 1. The molecule has 0 radical (unpaired) electrons. The molecule has 1 aliphatic carbocycles. The van der Waals surface area contributed by atoms with Crippen LogP contribution in [0.15, 0.2) is 33.3 Å². The van der Waals surface area contributed by atoms with Crippen molar-refractivity contribution in [1.82, 2.24) is 10.1 Å². The van der Waals surface area contributed by atoms with E-state index in [9.17, 15) is 0 Å². The van der Waals surface area contributed by atoms with E-state index in [0.29, 0.717) is 11.7 Å². The van der Waals surface area contributed by atoms with Gasteiger partial charge in [0.15, 0.2) is 0 Å². The Labute approximate surface area is 126 Å². The first-order chi connectivity index (χ1) is 9.74. The fourth-order valence-corrected chi connectivity index (χ4v) is 3.17. The molecule has 1 fully saturated rings. The predicted molar refractivity (Wildman–Crippen MR) is 81.2 cm³/mol. The van der Waals surface area contributed by atoms with E-state index in [4.69, 9.17) is 10.3 Å². The highest BCUT2D eigenvalue weighted by molar-refractivity contribution is 9.10. The lowest BCUT2D eigenvalue weighted by molar-refractivity contribution is 0.326. The van der Waals surface area contributed by atoms with Gasteiger partial charge in [-0.15, -0.1) is 0 Å². The number of benzene rings is 1. The third-order valence-electron chi connectivity index (χ3n) is 3.91. The number of halogens is 1. The van der Waals surface area contributed by atoms with Crippen LogP contribution >= 0.6 is 15.9 Å². The zero-order chi connectivity index (χ0) is 13.9. The molecule has 0 aliphatic heterocycles. The Kier molecular flexibility index (Phi) is 4.17. The van der Waals surface area contributed by atoms with Gasteiger partial charge < -0.3 is 10.3 Å². The molecule has 1 heterocycles. The first-order valence-electron chi connectivity index (χ1n) is 7.09.